The third-order valence-electron chi connectivity index (χ3n) is 1.58. The lowest BCUT2D eigenvalue weighted by Crippen LogP contribution is -2.30. The minimum Gasteiger partial charge on any atom is -0.504 e. The van der Waals surface area contributed by atoms with Crippen LogP contribution in [0.15, 0.2) is 18.2 Å². The number of benzene rings is 1. The van der Waals surface area contributed by atoms with Crippen LogP contribution in [-0.2, 0) is 0 Å². The van der Waals surface area contributed by atoms with E-state index in [1.807, 2.05) is 0 Å². The number of alkyl halides is 3. The second kappa shape index (κ2) is 4.27. The van der Waals surface area contributed by atoms with Crippen molar-refractivity contribution in [3.8, 4) is 11.5 Å². The molecule has 8 heteroatoms. The zero-order valence-corrected chi connectivity index (χ0v) is 7.71. The summed E-state index contributed by atoms with van der Waals surface area (Å²) in [6, 6.07) is 2.72. The maximum Gasteiger partial charge on any atom is 0.573 e. The summed E-state index contributed by atoms with van der Waals surface area (Å²) in [5.41, 5.74) is 1.57. The van der Waals surface area contributed by atoms with Crippen molar-refractivity contribution in [2.45, 2.75) is 6.36 Å². The molecule has 0 aromatic heterocycles. The Balaban J connectivity index is 3.04. The zero-order valence-electron chi connectivity index (χ0n) is 7.71. The summed E-state index contributed by atoms with van der Waals surface area (Å²) in [6.07, 6.45) is -4.95. The van der Waals surface area contributed by atoms with Gasteiger partial charge in [0.2, 0.25) is 0 Å². The average Bonchev–Trinajstić information content (AvgIpc) is 2.18. The molecular formula is C8H7F3N2O3. The first-order valence-corrected chi connectivity index (χ1v) is 3.93. The van der Waals surface area contributed by atoms with Crippen molar-refractivity contribution >= 4 is 5.91 Å². The summed E-state index contributed by atoms with van der Waals surface area (Å²) in [7, 11) is 0. The number of hydrogen-bond donors (Lipinski definition) is 3. The number of rotatable bonds is 2. The van der Waals surface area contributed by atoms with Gasteiger partial charge in [-0.15, -0.1) is 13.2 Å². The van der Waals surface area contributed by atoms with Gasteiger partial charge < -0.3 is 9.84 Å². The van der Waals surface area contributed by atoms with Crippen LogP contribution in [0.4, 0.5) is 13.2 Å². The zero-order chi connectivity index (χ0) is 12.3. The number of hydrogen-bond acceptors (Lipinski definition) is 4. The number of carbonyl (C=O) groups is 1. The smallest absolute Gasteiger partial charge is 0.504 e. The van der Waals surface area contributed by atoms with Crippen LogP contribution in [0.3, 0.4) is 0 Å². The van der Waals surface area contributed by atoms with Crippen LogP contribution in [0.2, 0.25) is 0 Å². The van der Waals surface area contributed by atoms with Gasteiger partial charge in [-0.1, -0.05) is 0 Å². The molecule has 0 saturated heterocycles. The Bertz CT molecular complexity index is 406. The summed E-state index contributed by atoms with van der Waals surface area (Å²) < 4.78 is 39.1. The molecule has 0 spiro atoms. The van der Waals surface area contributed by atoms with Gasteiger partial charge in [0.25, 0.3) is 5.91 Å². The molecule has 1 rings (SSSR count). The number of hydrazine groups is 1. The lowest BCUT2D eigenvalue weighted by molar-refractivity contribution is -0.275. The molecule has 1 aromatic carbocycles. The number of nitrogens with one attached hydrogen (secondary N) is 1. The van der Waals surface area contributed by atoms with E-state index in [2.05, 4.69) is 4.74 Å². The Morgan fingerprint density at radius 1 is 1.44 bits per heavy atom. The summed E-state index contributed by atoms with van der Waals surface area (Å²) >= 11 is 0. The molecule has 0 aliphatic carbocycles. The Morgan fingerprint density at radius 2 is 2.06 bits per heavy atom. The molecule has 0 unspecified atom stereocenters. The highest BCUT2D eigenvalue weighted by molar-refractivity contribution is 5.94. The van der Waals surface area contributed by atoms with E-state index in [1.54, 1.807) is 5.43 Å². The molecule has 1 amide bonds. The minimum atomic E-state index is -4.95. The van der Waals surface area contributed by atoms with Crippen molar-refractivity contribution in [1.82, 2.24) is 5.43 Å². The summed E-state index contributed by atoms with van der Waals surface area (Å²) in [6.45, 7) is 0. The lowest BCUT2D eigenvalue weighted by atomic mass is 10.2. The van der Waals surface area contributed by atoms with Crippen LogP contribution in [0.5, 0.6) is 11.5 Å². The molecule has 0 aliphatic heterocycles. The number of nitrogen functional groups attached to an aromatic ring is 1. The van der Waals surface area contributed by atoms with Crippen molar-refractivity contribution in [1.29, 1.82) is 0 Å². The largest absolute Gasteiger partial charge is 0.573 e. The average molecular weight is 236 g/mol. The quantitative estimate of drug-likeness (QED) is 0.404. The third kappa shape index (κ3) is 3.02. The SMILES string of the molecule is NNC(=O)c1ccc(O)c(OC(F)(F)F)c1. The topological polar surface area (TPSA) is 84.6 Å². The summed E-state index contributed by atoms with van der Waals surface area (Å²) in [4.78, 5) is 11.0. The number of aromatic hydroxyl groups is 1. The molecule has 5 nitrogen and oxygen atoms in total. The Kier molecular flexibility index (Phi) is 3.23. The molecule has 0 atom stereocenters. The van der Waals surface area contributed by atoms with Crippen LogP contribution < -0.4 is 16.0 Å². The van der Waals surface area contributed by atoms with Gasteiger partial charge in [0.15, 0.2) is 11.5 Å². The minimum absolute atomic E-state index is 0.167. The number of nitrogens with two attached hydrogens (primary N) is 1. The van der Waals surface area contributed by atoms with Crippen molar-refractivity contribution in [3.05, 3.63) is 23.8 Å². The van der Waals surface area contributed by atoms with Crippen molar-refractivity contribution in [2.24, 2.45) is 5.84 Å². The fourth-order valence-electron chi connectivity index (χ4n) is 0.945. The van der Waals surface area contributed by atoms with Gasteiger partial charge in [-0.25, -0.2) is 5.84 Å². The highest BCUT2D eigenvalue weighted by Gasteiger charge is 2.32. The van der Waals surface area contributed by atoms with E-state index >= 15 is 0 Å². The van der Waals surface area contributed by atoms with Gasteiger partial charge in [-0.3, -0.25) is 10.2 Å². The fourth-order valence-corrected chi connectivity index (χ4v) is 0.945. The molecule has 88 valence electrons. The van der Waals surface area contributed by atoms with E-state index in [0.717, 1.165) is 18.2 Å². The molecule has 0 radical (unpaired) electrons. The van der Waals surface area contributed by atoms with E-state index in [0.29, 0.717) is 0 Å². The normalized spacial score (nSPS) is 11.0. The molecule has 0 fully saturated rings. The Hall–Kier alpha value is -1.96. The number of halogens is 3. The van der Waals surface area contributed by atoms with Crippen LogP contribution >= 0.6 is 0 Å². The van der Waals surface area contributed by atoms with Gasteiger partial charge in [-0.05, 0) is 18.2 Å². The highest BCUT2D eigenvalue weighted by atomic mass is 19.4. The fraction of sp³-hybridized carbons (Fsp3) is 0.125. The predicted octanol–water partition coefficient (Wildman–Crippen LogP) is 0.894. The van der Waals surface area contributed by atoms with Gasteiger partial charge >= 0.3 is 6.36 Å². The second-order valence-electron chi connectivity index (χ2n) is 2.70. The first-order valence-electron chi connectivity index (χ1n) is 3.93. The molecule has 0 heterocycles. The molecule has 0 aliphatic rings. The monoisotopic (exact) mass is 236 g/mol. The molecule has 1 aromatic rings. The van der Waals surface area contributed by atoms with Gasteiger partial charge in [0.1, 0.15) is 0 Å². The molecule has 0 bridgehead atoms. The van der Waals surface area contributed by atoms with Crippen LogP contribution in [0, 0.1) is 0 Å². The standard InChI is InChI=1S/C8H7F3N2O3/c9-8(10,11)16-6-3-4(7(15)13-12)1-2-5(6)14/h1-3,14H,12H2,(H,13,15). The van der Waals surface area contributed by atoms with E-state index in [9.17, 15) is 18.0 Å². The van der Waals surface area contributed by atoms with E-state index in [-0.39, 0.29) is 5.56 Å². The van der Waals surface area contributed by atoms with Crippen LogP contribution in [0.25, 0.3) is 0 Å². The van der Waals surface area contributed by atoms with E-state index in [1.165, 1.54) is 0 Å². The van der Waals surface area contributed by atoms with Gasteiger partial charge in [-0.2, -0.15) is 0 Å². The van der Waals surface area contributed by atoms with Gasteiger partial charge in [0.05, 0.1) is 0 Å². The van der Waals surface area contributed by atoms with Crippen molar-refractivity contribution in [2.75, 3.05) is 0 Å². The molecule has 4 N–H and O–H groups in total. The Morgan fingerprint density at radius 3 is 2.56 bits per heavy atom. The lowest BCUT2D eigenvalue weighted by Gasteiger charge is -2.11. The molecule has 0 saturated carbocycles. The molecular weight excluding hydrogens is 229 g/mol. The first-order chi connectivity index (χ1) is 7.33. The second-order valence-corrected chi connectivity index (χ2v) is 2.70. The molecule has 16 heavy (non-hydrogen) atoms. The summed E-state index contributed by atoms with van der Waals surface area (Å²) in [5.74, 6) is 2.40. The van der Waals surface area contributed by atoms with Crippen molar-refractivity contribution < 1.29 is 27.8 Å². The number of phenols is 1. The maximum absolute atomic E-state index is 11.9. The number of phenolic OH excluding ortho intramolecular Hbond substituents is 1. The highest BCUT2D eigenvalue weighted by Crippen LogP contribution is 2.31. The predicted molar refractivity (Wildman–Crippen MR) is 46.4 cm³/mol. The van der Waals surface area contributed by atoms with Crippen LogP contribution in [0.1, 0.15) is 10.4 Å². The summed E-state index contributed by atoms with van der Waals surface area (Å²) in [5, 5.41) is 9.06. The van der Waals surface area contributed by atoms with Crippen LogP contribution in [-0.4, -0.2) is 17.4 Å². The third-order valence-corrected chi connectivity index (χ3v) is 1.58. The number of ether oxygens (including phenoxy) is 1. The maximum atomic E-state index is 11.9. The number of amides is 1. The van der Waals surface area contributed by atoms with Gasteiger partial charge in [0, 0.05) is 5.56 Å². The van der Waals surface area contributed by atoms with E-state index in [4.69, 9.17) is 10.9 Å². The Labute approximate surface area is 87.6 Å². The first kappa shape index (κ1) is 12.1. The van der Waals surface area contributed by atoms with Crippen molar-refractivity contribution in [3.63, 3.8) is 0 Å². The number of carbonyl (C=O) groups excluding carboxylic acids is 1. The van der Waals surface area contributed by atoms with E-state index < -0.39 is 23.8 Å².